The minimum absolute atomic E-state index is 0.0133. The monoisotopic (exact) mass is 437 g/mol. The molecule has 0 atom stereocenters. The highest BCUT2D eigenvalue weighted by molar-refractivity contribution is 5.79. The van der Waals surface area contributed by atoms with Gasteiger partial charge in [-0.25, -0.2) is 9.37 Å². The molecule has 168 valence electrons. The van der Waals surface area contributed by atoms with Gasteiger partial charge in [-0.2, -0.15) is 4.98 Å². The Balaban J connectivity index is 1.33. The summed E-state index contributed by atoms with van der Waals surface area (Å²) in [6.07, 6.45) is 3.21. The number of aryl methyl sites for hydroxylation is 1. The van der Waals surface area contributed by atoms with Crippen LogP contribution in [0.2, 0.25) is 0 Å². The van der Waals surface area contributed by atoms with Gasteiger partial charge in [0.25, 0.3) is 5.89 Å². The predicted molar refractivity (Wildman–Crippen MR) is 120 cm³/mol. The van der Waals surface area contributed by atoms with Gasteiger partial charge in [-0.15, -0.1) is 0 Å². The fourth-order valence-electron chi connectivity index (χ4n) is 3.76. The quantitative estimate of drug-likeness (QED) is 0.621. The van der Waals surface area contributed by atoms with Gasteiger partial charge in [0.15, 0.2) is 5.82 Å². The van der Waals surface area contributed by atoms with E-state index in [2.05, 4.69) is 25.3 Å². The Kier molecular flexibility index (Phi) is 6.48. The first-order valence-corrected chi connectivity index (χ1v) is 11.0. The summed E-state index contributed by atoms with van der Waals surface area (Å²) >= 11 is 0. The third-order valence-corrected chi connectivity index (χ3v) is 5.84. The number of carbonyl (C=O) groups is 1. The molecule has 1 N–H and O–H groups in total. The largest absolute Gasteiger partial charge is 0.357 e. The second-order valence-electron chi connectivity index (χ2n) is 8.58. The van der Waals surface area contributed by atoms with E-state index in [1.165, 1.54) is 6.07 Å². The van der Waals surface area contributed by atoms with E-state index in [1.54, 1.807) is 19.2 Å². The highest BCUT2D eigenvalue weighted by Gasteiger charge is 2.26. The van der Waals surface area contributed by atoms with Gasteiger partial charge in [0, 0.05) is 43.2 Å². The summed E-state index contributed by atoms with van der Waals surface area (Å²) in [5.74, 6) is 1.90. The van der Waals surface area contributed by atoms with Crippen LogP contribution in [0.25, 0.3) is 11.5 Å². The molecule has 1 fully saturated rings. The Morgan fingerprint density at radius 2 is 2.03 bits per heavy atom. The number of carbonyl (C=O) groups excluding carboxylic acids is 1. The Morgan fingerprint density at radius 3 is 2.72 bits per heavy atom. The number of amides is 1. The van der Waals surface area contributed by atoms with Crippen molar-refractivity contribution < 1.29 is 13.7 Å². The van der Waals surface area contributed by atoms with Crippen LogP contribution in [-0.4, -0.2) is 34.1 Å². The number of aromatic nitrogens is 3. The zero-order valence-corrected chi connectivity index (χ0v) is 18.6. The molecule has 0 radical (unpaired) electrons. The van der Waals surface area contributed by atoms with Crippen molar-refractivity contribution in [3.05, 3.63) is 59.3 Å². The molecular weight excluding hydrogens is 409 g/mol. The maximum atomic E-state index is 13.7. The second kappa shape index (κ2) is 9.46. The molecule has 0 bridgehead atoms. The first-order valence-electron chi connectivity index (χ1n) is 11.0. The molecular formula is C24H28FN5O2. The van der Waals surface area contributed by atoms with Crippen LogP contribution < -0.4 is 10.2 Å². The SMILES string of the molecule is Cc1ccc(CNC(=O)C2CCN(c3cc(-c4nc(C(C)C)no4)ccn3)CC2)cc1F. The molecule has 3 heterocycles. The third-order valence-electron chi connectivity index (χ3n) is 5.84. The number of hydrogen-bond acceptors (Lipinski definition) is 6. The van der Waals surface area contributed by atoms with Gasteiger partial charge >= 0.3 is 0 Å². The first kappa shape index (κ1) is 21.9. The molecule has 0 saturated carbocycles. The van der Waals surface area contributed by atoms with Crippen molar-refractivity contribution in [2.75, 3.05) is 18.0 Å². The van der Waals surface area contributed by atoms with Crippen molar-refractivity contribution in [2.45, 2.75) is 46.1 Å². The molecule has 32 heavy (non-hydrogen) atoms. The topological polar surface area (TPSA) is 84.2 Å². The maximum Gasteiger partial charge on any atom is 0.258 e. The van der Waals surface area contributed by atoms with E-state index in [0.717, 1.165) is 42.9 Å². The number of rotatable bonds is 6. The summed E-state index contributed by atoms with van der Waals surface area (Å²) in [4.78, 5) is 23.7. The van der Waals surface area contributed by atoms with Crippen LogP contribution in [-0.2, 0) is 11.3 Å². The molecule has 3 aromatic rings. The molecule has 0 aliphatic carbocycles. The predicted octanol–water partition coefficient (Wildman–Crippen LogP) is 4.24. The maximum absolute atomic E-state index is 13.7. The average Bonchev–Trinajstić information content (AvgIpc) is 3.31. The second-order valence-corrected chi connectivity index (χ2v) is 8.58. The Bertz CT molecular complexity index is 1090. The zero-order valence-electron chi connectivity index (χ0n) is 18.6. The van der Waals surface area contributed by atoms with Crippen LogP contribution in [0, 0.1) is 18.7 Å². The number of halogens is 1. The normalized spacial score (nSPS) is 14.7. The third kappa shape index (κ3) is 4.95. The van der Waals surface area contributed by atoms with Gasteiger partial charge in [0.1, 0.15) is 11.6 Å². The molecule has 8 heteroatoms. The molecule has 1 aliphatic rings. The van der Waals surface area contributed by atoms with E-state index in [-0.39, 0.29) is 23.6 Å². The summed E-state index contributed by atoms with van der Waals surface area (Å²) in [6.45, 7) is 7.56. The molecule has 1 aromatic carbocycles. The molecule has 1 aliphatic heterocycles. The van der Waals surface area contributed by atoms with Crippen LogP contribution in [0.1, 0.15) is 49.6 Å². The van der Waals surface area contributed by atoms with Gasteiger partial charge in [0.05, 0.1) is 0 Å². The number of anilines is 1. The highest BCUT2D eigenvalue weighted by atomic mass is 19.1. The van der Waals surface area contributed by atoms with Gasteiger partial charge < -0.3 is 14.7 Å². The summed E-state index contributed by atoms with van der Waals surface area (Å²) in [5.41, 5.74) is 2.20. The Hall–Kier alpha value is -3.29. The lowest BCUT2D eigenvalue weighted by molar-refractivity contribution is -0.125. The van der Waals surface area contributed by atoms with Crippen molar-refractivity contribution in [2.24, 2.45) is 5.92 Å². The number of nitrogens with zero attached hydrogens (tertiary/aromatic N) is 4. The fraction of sp³-hybridized carbons (Fsp3) is 0.417. The van der Waals surface area contributed by atoms with Gasteiger partial charge in [-0.05, 0) is 49.1 Å². The van der Waals surface area contributed by atoms with E-state index in [9.17, 15) is 9.18 Å². The van der Waals surface area contributed by atoms with Gasteiger partial charge in [-0.3, -0.25) is 4.79 Å². The van der Waals surface area contributed by atoms with E-state index in [1.807, 2.05) is 32.0 Å². The molecule has 4 rings (SSSR count). The lowest BCUT2D eigenvalue weighted by Crippen LogP contribution is -2.40. The molecule has 0 spiro atoms. The lowest BCUT2D eigenvalue weighted by atomic mass is 9.95. The molecule has 7 nitrogen and oxygen atoms in total. The summed E-state index contributed by atoms with van der Waals surface area (Å²) < 4.78 is 19.1. The lowest BCUT2D eigenvalue weighted by Gasteiger charge is -2.32. The highest BCUT2D eigenvalue weighted by Crippen LogP contribution is 2.26. The Morgan fingerprint density at radius 1 is 1.25 bits per heavy atom. The number of pyridine rings is 1. The van der Waals surface area contributed by atoms with Crippen LogP contribution in [0.4, 0.5) is 10.2 Å². The molecule has 1 amide bonds. The zero-order chi connectivity index (χ0) is 22.7. The van der Waals surface area contributed by atoms with E-state index >= 15 is 0 Å². The van der Waals surface area contributed by atoms with Crippen LogP contribution in [0.3, 0.4) is 0 Å². The molecule has 0 unspecified atom stereocenters. The number of piperidine rings is 1. The van der Waals surface area contributed by atoms with Crippen molar-refractivity contribution >= 4 is 11.7 Å². The summed E-state index contributed by atoms with van der Waals surface area (Å²) in [5, 5.41) is 6.97. The standard InChI is InChI=1S/C24H28FN5O2/c1-15(2)22-28-24(32-29-22)19-6-9-26-21(13-19)30-10-7-18(8-11-30)23(31)27-14-17-5-4-16(3)20(25)12-17/h4-6,9,12-13,15,18H,7-8,10-11,14H2,1-3H3,(H,27,31). The van der Waals surface area contributed by atoms with E-state index < -0.39 is 0 Å². The van der Waals surface area contributed by atoms with Crippen molar-refractivity contribution in [3.8, 4) is 11.5 Å². The van der Waals surface area contributed by atoms with E-state index in [4.69, 9.17) is 4.52 Å². The van der Waals surface area contributed by atoms with Crippen LogP contribution in [0.5, 0.6) is 0 Å². The molecule has 1 saturated heterocycles. The van der Waals surface area contributed by atoms with Crippen molar-refractivity contribution in [1.29, 1.82) is 0 Å². The van der Waals surface area contributed by atoms with Gasteiger partial charge in [-0.1, -0.05) is 31.1 Å². The smallest absolute Gasteiger partial charge is 0.258 e. The van der Waals surface area contributed by atoms with Crippen molar-refractivity contribution in [1.82, 2.24) is 20.4 Å². The summed E-state index contributed by atoms with van der Waals surface area (Å²) in [7, 11) is 0. The molecule has 2 aromatic heterocycles. The first-order chi connectivity index (χ1) is 15.4. The fourth-order valence-corrected chi connectivity index (χ4v) is 3.76. The van der Waals surface area contributed by atoms with Gasteiger partial charge in [0.2, 0.25) is 5.91 Å². The average molecular weight is 438 g/mol. The number of hydrogen-bond donors (Lipinski definition) is 1. The summed E-state index contributed by atoms with van der Waals surface area (Å²) in [6, 6.07) is 8.85. The number of nitrogens with one attached hydrogen (secondary N) is 1. The Labute approximate surface area is 187 Å². The van der Waals surface area contributed by atoms with E-state index in [0.29, 0.717) is 23.8 Å². The minimum Gasteiger partial charge on any atom is -0.357 e. The van der Waals surface area contributed by atoms with Crippen LogP contribution >= 0.6 is 0 Å². The number of benzene rings is 1. The van der Waals surface area contributed by atoms with Crippen molar-refractivity contribution in [3.63, 3.8) is 0 Å². The van der Waals surface area contributed by atoms with Crippen LogP contribution in [0.15, 0.2) is 41.1 Å². The minimum atomic E-state index is -0.249.